The Morgan fingerprint density at radius 2 is 1.74 bits per heavy atom. The monoisotopic (exact) mass is 409 g/mol. The van der Waals surface area contributed by atoms with Gasteiger partial charge in [0.1, 0.15) is 11.6 Å². The Labute approximate surface area is 180 Å². The van der Waals surface area contributed by atoms with Gasteiger partial charge in [0.2, 0.25) is 5.43 Å². The molecule has 0 saturated carbocycles. The molecule has 4 aromatic rings. The van der Waals surface area contributed by atoms with Crippen LogP contribution in [0.4, 0.5) is 0 Å². The molecule has 154 valence electrons. The number of pyridine rings is 1. The average molecular weight is 409 g/mol. The maximum Gasteiger partial charge on any atom is 0.207 e. The Kier molecular flexibility index (Phi) is 5.08. The fourth-order valence-electron chi connectivity index (χ4n) is 4.10. The number of ketones is 1. The lowest BCUT2D eigenvalue weighted by molar-refractivity contribution is 0.0973. The Morgan fingerprint density at radius 3 is 2.45 bits per heavy atom. The number of fused-ring (bicyclic) bond motifs is 1. The van der Waals surface area contributed by atoms with Crippen molar-refractivity contribution in [3.63, 3.8) is 0 Å². The van der Waals surface area contributed by atoms with Gasteiger partial charge in [-0.15, -0.1) is 0 Å². The van der Waals surface area contributed by atoms with Crippen molar-refractivity contribution in [2.24, 2.45) is 0 Å². The van der Waals surface area contributed by atoms with Crippen molar-refractivity contribution in [1.82, 2.24) is 9.13 Å². The van der Waals surface area contributed by atoms with Gasteiger partial charge in [0, 0.05) is 34.2 Å². The number of benzene rings is 2. The summed E-state index contributed by atoms with van der Waals surface area (Å²) in [6.45, 7) is 8.13. The lowest BCUT2D eigenvalue weighted by Crippen LogP contribution is -2.17. The van der Waals surface area contributed by atoms with Crippen LogP contribution in [-0.2, 0) is 6.54 Å². The molecule has 0 bridgehead atoms. The highest BCUT2D eigenvalue weighted by Crippen LogP contribution is 2.24. The van der Waals surface area contributed by atoms with E-state index in [1.807, 2.05) is 32.0 Å². The van der Waals surface area contributed by atoms with Crippen LogP contribution in [0, 0.1) is 39.0 Å². The summed E-state index contributed by atoms with van der Waals surface area (Å²) in [5.41, 5.74) is 6.30. The van der Waals surface area contributed by atoms with Gasteiger partial charge in [0.05, 0.1) is 12.1 Å². The van der Waals surface area contributed by atoms with Gasteiger partial charge >= 0.3 is 0 Å². The van der Waals surface area contributed by atoms with Crippen molar-refractivity contribution < 1.29 is 4.79 Å². The van der Waals surface area contributed by atoms with E-state index >= 15 is 0 Å². The fourth-order valence-corrected chi connectivity index (χ4v) is 4.10. The molecule has 0 N–H and O–H groups in total. The molecular weight excluding hydrogens is 386 g/mol. The van der Waals surface area contributed by atoms with E-state index in [9.17, 15) is 14.9 Å². The van der Waals surface area contributed by atoms with Crippen LogP contribution < -0.4 is 5.43 Å². The number of nitriles is 1. The lowest BCUT2D eigenvalue weighted by atomic mass is 10.1. The molecular formula is C26H23N3O2. The first-order chi connectivity index (χ1) is 14.8. The maximum atomic E-state index is 13.3. The number of nitrogens with zero attached hydrogens (tertiary/aromatic N) is 3. The van der Waals surface area contributed by atoms with Gasteiger partial charge in [-0.05, 0) is 69.2 Å². The molecule has 0 unspecified atom stereocenters. The van der Waals surface area contributed by atoms with Gasteiger partial charge in [-0.25, -0.2) is 0 Å². The molecule has 0 aliphatic heterocycles. The second-order valence-corrected chi connectivity index (χ2v) is 7.94. The topological polar surface area (TPSA) is 67.8 Å². The molecule has 0 amide bonds. The summed E-state index contributed by atoms with van der Waals surface area (Å²) < 4.78 is 3.78. The van der Waals surface area contributed by atoms with Crippen LogP contribution in [0.2, 0.25) is 0 Å². The standard InChI is InChI=1S/C26H23N3O2/c1-16-9-10-21(11-17(16)2)29-18(3)12-23(19(29)4)25(30)15-28-14-20(13-27)26(31)22-7-5-6-8-24(22)28/h5-12,14H,15H2,1-4H3. The minimum absolute atomic E-state index is 0.0344. The third kappa shape index (κ3) is 3.47. The summed E-state index contributed by atoms with van der Waals surface area (Å²) >= 11 is 0. The first-order valence-corrected chi connectivity index (χ1v) is 10.1. The van der Waals surface area contributed by atoms with Gasteiger partial charge < -0.3 is 9.13 Å². The molecule has 2 aromatic heterocycles. The predicted molar refractivity (Wildman–Crippen MR) is 122 cm³/mol. The number of Topliss-reactive ketones (excluding diaryl/α,β-unsaturated/α-hetero) is 1. The van der Waals surface area contributed by atoms with Crippen LogP contribution in [0.5, 0.6) is 0 Å². The highest BCUT2D eigenvalue weighted by atomic mass is 16.1. The maximum absolute atomic E-state index is 13.3. The SMILES string of the molecule is Cc1ccc(-n2c(C)cc(C(=O)Cn3cc(C#N)c(=O)c4ccccc43)c2C)cc1C. The molecule has 2 heterocycles. The number of carbonyl (C=O) groups is 1. The Hall–Kier alpha value is -3.91. The van der Waals surface area contributed by atoms with E-state index in [-0.39, 0.29) is 23.3 Å². The molecule has 0 radical (unpaired) electrons. The molecule has 0 aliphatic rings. The highest BCUT2D eigenvalue weighted by Gasteiger charge is 2.18. The molecule has 0 fully saturated rings. The minimum atomic E-state index is -0.310. The largest absolute Gasteiger partial charge is 0.338 e. The number of rotatable bonds is 4. The van der Waals surface area contributed by atoms with Crippen molar-refractivity contribution in [2.45, 2.75) is 34.2 Å². The zero-order valence-corrected chi connectivity index (χ0v) is 18.1. The summed E-state index contributed by atoms with van der Waals surface area (Å²) in [4.78, 5) is 25.7. The smallest absolute Gasteiger partial charge is 0.207 e. The molecule has 5 heteroatoms. The molecule has 0 atom stereocenters. The van der Waals surface area contributed by atoms with E-state index in [0.29, 0.717) is 16.5 Å². The van der Waals surface area contributed by atoms with Crippen molar-refractivity contribution in [1.29, 1.82) is 5.26 Å². The van der Waals surface area contributed by atoms with Crippen molar-refractivity contribution >= 4 is 16.7 Å². The van der Waals surface area contributed by atoms with Crippen LogP contribution in [0.25, 0.3) is 16.6 Å². The second kappa shape index (κ2) is 7.73. The molecule has 0 aliphatic carbocycles. The highest BCUT2D eigenvalue weighted by molar-refractivity contribution is 5.98. The second-order valence-electron chi connectivity index (χ2n) is 7.94. The molecule has 4 rings (SSSR count). The quantitative estimate of drug-likeness (QED) is 0.456. The number of para-hydroxylation sites is 1. The van der Waals surface area contributed by atoms with Gasteiger partial charge in [0.25, 0.3) is 0 Å². The Bertz CT molecular complexity index is 1450. The first-order valence-electron chi connectivity index (χ1n) is 10.1. The number of carbonyl (C=O) groups excluding carboxylic acids is 1. The molecule has 0 saturated heterocycles. The van der Waals surface area contributed by atoms with Gasteiger partial charge in [-0.1, -0.05) is 18.2 Å². The van der Waals surface area contributed by atoms with E-state index in [2.05, 4.69) is 36.6 Å². The van der Waals surface area contributed by atoms with E-state index < -0.39 is 0 Å². The Morgan fingerprint density at radius 1 is 1.00 bits per heavy atom. The third-order valence-electron chi connectivity index (χ3n) is 5.90. The summed E-state index contributed by atoms with van der Waals surface area (Å²) in [7, 11) is 0. The van der Waals surface area contributed by atoms with Crippen molar-refractivity contribution in [2.75, 3.05) is 0 Å². The normalized spacial score (nSPS) is 10.9. The zero-order chi connectivity index (χ0) is 22.3. The molecule has 5 nitrogen and oxygen atoms in total. The zero-order valence-electron chi connectivity index (χ0n) is 18.1. The average Bonchev–Trinajstić information content (AvgIpc) is 3.06. The Balaban J connectivity index is 1.77. The molecule has 31 heavy (non-hydrogen) atoms. The molecule has 0 spiro atoms. The van der Waals surface area contributed by atoms with Gasteiger partial charge in [-0.2, -0.15) is 5.26 Å². The van der Waals surface area contributed by atoms with Gasteiger partial charge in [0.15, 0.2) is 5.78 Å². The summed E-state index contributed by atoms with van der Waals surface area (Å²) in [5.74, 6) is -0.0686. The lowest BCUT2D eigenvalue weighted by Gasteiger charge is -2.13. The van der Waals surface area contributed by atoms with E-state index in [0.717, 1.165) is 17.1 Å². The van der Waals surface area contributed by atoms with Crippen LogP contribution in [0.3, 0.4) is 0 Å². The van der Waals surface area contributed by atoms with E-state index in [1.54, 1.807) is 22.8 Å². The summed E-state index contributed by atoms with van der Waals surface area (Å²) in [6, 6.07) is 17.2. The minimum Gasteiger partial charge on any atom is -0.338 e. The van der Waals surface area contributed by atoms with E-state index in [1.165, 1.54) is 17.3 Å². The van der Waals surface area contributed by atoms with Crippen LogP contribution in [-0.4, -0.2) is 14.9 Å². The number of hydrogen-bond acceptors (Lipinski definition) is 3. The predicted octanol–water partition coefficient (Wildman–Crippen LogP) is 4.78. The molecule has 2 aromatic carbocycles. The van der Waals surface area contributed by atoms with Crippen molar-refractivity contribution in [3.05, 3.63) is 98.6 Å². The van der Waals surface area contributed by atoms with Gasteiger partial charge in [-0.3, -0.25) is 9.59 Å². The fraction of sp³-hybridized carbons (Fsp3) is 0.192. The van der Waals surface area contributed by atoms with Crippen LogP contribution >= 0.6 is 0 Å². The first kappa shape index (κ1) is 20.4. The number of hydrogen-bond donors (Lipinski definition) is 0. The van der Waals surface area contributed by atoms with E-state index in [4.69, 9.17) is 0 Å². The van der Waals surface area contributed by atoms with Crippen LogP contribution in [0.1, 0.15) is 38.4 Å². The summed E-state index contributed by atoms with van der Waals surface area (Å²) in [6.07, 6.45) is 1.48. The number of aryl methyl sites for hydroxylation is 3. The summed E-state index contributed by atoms with van der Waals surface area (Å²) in [5, 5.41) is 9.79. The van der Waals surface area contributed by atoms with Crippen LogP contribution in [0.15, 0.2) is 59.5 Å². The number of aromatic nitrogens is 2. The third-order valence-corrected chi connectivity index (χ3v) is 5.90. The van der Waals surface area contributed by atoms with Crippen molar-refractivity contribution in [3.8, 4) is 11.8 Å².